The normalized spacial score (nSPS) is 22.5. The van der Waals surface area contributed by atoms with E-state index >= 15 is 0 Å². The molecule has 8 heteroatoms. The molecule has 2 aliphatic rings. The molecule has 0 saturated heterocycles. The Morgan fingerprint density at radius 3 is 2.76 bits per heavy atom. The van der Waals surface area contributed by atoms with Gasteiger partial charge >= 0.3 is 0 Å². The Balaban J connectivity index is 1.28. The number of rotatable bonds is 7. The second-order valence-corrected chi connectivity index (χ2v) is 8.65. The lowest BCUT2D eigenvalue weighted by molar-refractivity contribution is -0.124. The molecule has 2 N–H and O–H groups in total. The van der Waals surface area contributed by atoms with E-state index < -0.39 is 0 Å². The maximum absolute atomic E-state index is 12.6. The summed E-state index contributed by atoms with van der Waals surface area (Å²) in [6, 6.07) is 3.32. The highest BCUT2D eigenvalue weighted by Gasteiger charge is 2.30. The van der Waals surface area contributed by atoms with Crippen LogP contribution in [0.5, 0.6) is 0 Å². The van der Waals surface area contributed by atoms with Crippen molar-refractivity contribution in [2.24, 2.45) is 0 Å². The minimum Gasteiger partial charge on any atom is -0.459 e. The van der Waals surface area contributed by atoms with Gasteiger partial charge < -0.3 is 14.5 Å². The highest BCUT2D eigenvalue weighted by molar-refractivity contribution is 7.14. The van der Waals surface area contributed by atoms with E-state index in [2.05, 4.69) is 15.6 Å². The Hall–Kier alpha value is -2.19. The molecule has 7 nitrogen and oxygen atoms in total. The molecule has 2 amide bonds. The number of ether oxygens (including phenoxy) is 1. The molecule has 156 valence electrons. The van der Waals surface area contributed by atoms with Gasteiger partial charge in [-0.2, -0.15) is 0 Å². The predicted molar refractivity (Wildman–Crippen MR) is 110 cm³/mol. The number of hydrogen-bond acceptors (Lipinski definition) is 6. The lowest BCUT2D eigenvalue weighted by Crippen LogP contribution is -2.47. The van der Waals surface area contributed by atoms with Gasteiger partial charge in [0, 0.05) is 5.38 Å². The van der Waals surface area contributed by atoms with Gasteiger partial charge in [-0.3, -0.25) is 14.9 Å². The number of carbonyl (C=O) groups is 2. The largest absolute Gasteiger partial charge is 0.459 e. The van der Waals surface area contributed by atoms with Gasteiger partial charge in [-0.25, -0.2) is 4.98 Å². The van der Waals surface area contributed by atoms with Gasteiger partial charge in [-0.15, -0.1) is 11.3 Å². The number of anilines is 1. The number of thiazole rings is 1. The first-order valence-corrected chi connectivity index (χ1v) is 11.3. The molecule has 2 unspecified atom stereocenters. The van der Waals surface area contributed by atoms with Crippen molar-refractivity contribution in [3.05, 3.63) is 35.2 Å². The Morgan fingerprint density at radius 1 is 1.17 bits per heavy atom. The van der Waals surface area contributed by atoms with Crippen LogP contribution in [0.3, 0.4) is 0 Å². The minimum absolute atomic E-state index is 0.0499. The lowest BCUT2D eigenvalue weighted by atomic mass is 9.92. The first kappa shape index (κ1) is 20.1. The number of furan rings is 1. The fourth-order valence-corrected chi connectivity index (χ4v) is 4.84. The number of amides is 2. The fourth-order valence-electron chi connectivity index (χ4n) is 4.13. The summed E-state index contributed by atoms with van der Waals surface area (Å²) >= 11 is 1.30. The summed E-state index contributed by atoms with van der Waals surface area (Å²) < 4.78 is 11.4. The average molecular weight is 418 g/mol. The van der Waals surface area contributed by atoms with Crippen LogP contribution < -0.4 is 10.6 Å². The molecule has 2 atom stereocenters. The van der Waals surface area contributed by atoms with Crippen molar-refractivity contribution in [2.75, 3.05) is 5.32 Å². The van der Waals surface area contributed by atoms with Crippen LogP contribution >= 0.6 is 11.3 Å². The quantitative estimate of drug-likeness (QED) is 0.712. The lowest BCUT2D eigenvalue weighted by Gasteiger charge is -2.34. The van der Waals surface area contributed by atoms with E-state index in [-0.39, 0.29) is 36.1 Å². The van der Waals surface area contributed by atoms with Gasteiger partial charge in [0.15, 0.2) is 10.9 Å². The molecule has 0 bridgehead atoms. The predicted octanol–water partition coefficient (Wildman–Crippen LogP) is 3.92. The average Bonchev–Trinajstić information content (AvgIpc) is 3.46. The van der Waals surface area contributed by atoms with Crippen LogP contribution in [-0.2, 0) is 16.0 Å². The van der Waals surface area contributed by atoms with Crippen molar-refractivity contribution in [1.29, 1.82) is 0 Å². The molecular formula is C21H27N3O4S. The zero-order valence-corrected chi connectivity index (χ0v) is 17.2. The molecule has 2 aromatic rings. The van der Waals surface area contributed by atoms with Gasteiger partial charge in [-0.1, -0.05) is 25.7 Å². The van der Waals surface area contributed by atoms with Crippen molar-refractivity contribution in [3.63, 3.8) is 0 Å². The monoisotopic (exact) mass is 417 g/mol. The summed E-state index contributed by atoms with van der Waals surface area (Å²) in [6.45, 7) is 0. The van der Waals surface area contributed by atoms with Crippen molar-refractivity contribution in [1.82, 2.24) is 10.3 Å². The van der Waals surface area contributed by atoms with E-state index in [9.17, 15) is 9.59 Å². The highest BCUT2D eigenvalue weighted by Crippen LogP contribution is 2.28. The third-order valence-electron chi connectivity index (χ3n) is 5.58. The third-order valence-corrected chi connectivity index (χ3v) is 6.38. The molecule has 2 saturated carbocycles. The Kier molecular flexibility index (Phi) is 6.61. The van der Waals surface area contributed by atoms with Crippen LogP contribution in [0.1, 0.15) is 67.6 Å². The minimum atomic E-state index is -0.352. The summed E-state index contributed by atoms with van der Waals surface area (Å²) in [6.07, 6.45) is 11.2. The van der Waals surface area contributed by atoms with Gasteiger partial charge in [0.1, 0.15) is 0 Å². The number of hydrogen-bond donors (Lipinski definition) is 2. The van der Waals surface area contributed by atoms with Gasteiger partial charge in [0.2, 0.25) is 5.91 Å². The van der Waals surface area contributed by atoms with E-state index in [0.717, 1.165) is 38.5 Å². The highest BCUT2D eigenvalue weighted by atomic mass is 32.1. The smallest absolute Gasteiger partial charge is 0.293 e. The number of carbonyl (C=O) groups excluding carboxylic acids is 2. The standard InChI is InChI=1S/C21H27N3O4S/c25-19(23-16-8-3-4-9-17(16)28-15-6-1-2-7-15)12-14-13-29-21(22-14)24-20(26)18-10-5-11-27-18/h5,10-11,13,15-17H,1-4,6-9,12H2,(H,23,25)(H,22,24,26). The molecule has 4 rings (SSSR count). The molecular weight excluding hydrogens is 390 g/mol. The van der Waals surface area contributed by atoms with Crippen LogP contribution in [0.4, 0.5) is 5.13 Å². The molecule has 29 heavy (non-hydrogen) atoms. The van der Waals surface area contributed by atoms with Crippen LogP contribution in [0.2, 0.25) is 0 Å². The van der Waals surface area contributed by atoms with Gasteiger partial charge in [-0.05, 0) is 37.8 Å². The number of nitrogens with zero attached hydrogens (tertiary/aromatic N) is 1. The SMILES string of the molecule is O=C(Cc1csc(NC(=O)c2ccco2)n1)NC1CCCCC1OC1CCCC1. The Labute approximate surface area is 174 Å². The third kappa shape index (κ3) is 5.45. The summed E-state index contributed by atoms with van der Waals surface area (Å²) in [5, 5.41) is 8.10. The molecule has 0 radical (unpaired) electrons. The molecule has 0 aromatic carbocycles. The first-order chi connectivity index (χ1) is 14.2. The maximum atomic E-state index is 12.6. The van der Waals surface area contributed by atoms with Crippen molar-refractivity contribution >= 4 is 28.3 Å². The topological polar surface area (TPSA) is 93.5 Å². The Morgan fingerprint density at radius 2 is 1.97 bits per heavy atom. The van der Waals surface area contributed by atoms with Crippen molar-refractivity contribution in [2.45, 2.75) is 76.0 Å². The van der Waals surface area contributed by atoms with Crippen LogP contribution in [0.15, 0.2) is 28.2 Å². The zero-order valence-electron chi connectivity index (χ0n) is 16.4. The van der Waals surface area contributed by atoms with Crippen LogP contribution in [0.25, 0.3) is 0 Å². The molecule has 0 spiro atoms. The fraction of sp³-hybridized carbons (Fsp3) is 0.571. The molecule has 2 aromatic heterocycles. The molecule has 2 fully saturated rings. The second-order valence-electron chi connectivity index (χ2n) is 7.79. The molecule has 2 heterocycles. The molecule has 2 aliphatic carbocycles. The maximum Gasteiger partial charge on any atom is 0.293 e. The summed E-state index contributed by atoms with van der Waals surface area (Å²) in [7, 11) is 0. The number of aromatic nitrogens is 1. The summed E-state index contributed by atoms with van der Waals surface area (Å²) in [4.78, 5) is 28.9. The zero-order chi connectivity index (χ0) is 20.1. The van der Waals surface area contributed by atoms with E-state index in [0.29, 0.717) is 16.9 Å². The van der Waals surface area contributed by atoms with E-state index in [1.807, 2.05) is 0 Å². The summed E-state index contributed by atoms with van der Waals surface area (Å²) in [5.74, 6) is -0.175. The summed E-state index contributed by atoms with van der Waals surface area (Å²) in [5.41, 5.74) is 0.645. The van der Waals surface area contributed by atoms with Crippen molar-refractivity contribution < 1.29 is 18.7 Å². The second kappa shape index (κ2) is 9.54. The van der Waals surface area contributed by atoms with E-state index in [4.69, 9.17) is 9.15 Å². The van der Waals surface area contributed by atoms with E-state index in [1.54, 1.807) is 17.5 Å². The van der Waals surface area contributed by atoms with Gasteiger partial charge in [0.25, 0.3) is 5.91 Å². The number of nitrogens with one attached hydrogen (secondary N) is 2. The molecule has 0 aliphatic heterocycles. The van der Waals surface area contributed by atoms with Crippen molar-refractivity contribution in [3.8, 4) is 0 Å². The van der Waals surface area contributed by atoms with Gasteiger partial charge in [0.05, 0.1) is 36.6 Å². The Bertz CT molecular complexity index is 814. The first-order valence-electron chi connectivity index (χ1n) is 10.4. The van der Waals surface area contributed by atoms with E-state index in [1.165, 1.54) is 30.4 Å². The van der Waals surface area contributed by atoms with Crippen LogP contribution in [-0.4, -0.2) is 35.0 Å². The van der Waals surface area contributed by atoms with Crippen LogP contribution in [0, 0.1) is 0 Å².